The van der Waals surface area contributed by atoms with Crippen molar-refractivity contribution in [3.05, 3.63) is 22.2 Å². The molecule has 2 rings (SSSR count). The van der Waals surface area contributed by atoms with Crippen LogP contribution in [0.5, 0.6) is 11.5 Å². The third kappa shape index (κ3) is 3.96. The molecule has 1 saturated heterocycles. The number of halogens is 1. The van der Waals surface area contributed by atoms with E-state index in [-0.39, 0.29) is 12.2 Å². The van der Waals surface area contributed by atoms with Crippen LogP contribution in [0.1, 0.15) is 45.5 Å². The summed E-state index contributed by atoms with van der Waals surface area (Å²) in [5, 5.41) is 10.6. The number of methoxy groups -OCH3 is 2. The minimum atomic E-state index is -0.714. The van der Waals surface area contributed by atoms with Gasteiger partial charge in [-0.25, -0.2) is 0 Å². The Morgan fingerprint density at radius 3 is 2.28 bits per heavy atom. The van der Waals surface area contributed by atoms with Crippen molar-refractivity contribution in [2.75, 3.05) is 14.2 Å². The number of rotatable bonds is 5. The lowest BCUT2D eigenvalue weighted by atomic mass is 9.66. The van der Waals surface area contributed by atoms with Gasteiger partial charge in [0.25, 0.3) is 0 Å². The fourth-order valence-electron chi connectivity index (χ4n) is 2.70. The molecule has 1 aromatic rings. The monoisotopic (exact) mass is 414 g/mol. The van der Waals surface area contributed by atoms with Crippen LogP contribution in [-0.2, 0) is 18.8 Å². The third-order valence-corrected chi connectivity index (χ3v) is 5.36. The van der Waals surface area contributed by atoms with E-state index in [0.717, 1.165) is 0 Å². The first kappa shape index (κ1) is 20.1. The SMILES string of the molecule is COC(=O)CC(B1OC(C)(C)C(C)(C)O1)c1cc(Br)cc(OC)c1O. The number of benzene rings is 1. The minimum absolute atomic E-state index is 0.000490. The lowest BCUT2D eigenvalue weighted by Crippen LogP contribution is -2.41. The van der Waals surface area contributed by atoms with Gasteiger partial charge < -0.3 is 23.9 Å². The number of hydrogen-bond donors (Lipinski definition) is 1. The number of aromatic hydroxyl groups is 1. The number of phenols is 1. The third-order valence-electron chi connectivity index (χ3n) is 4.90. The Morgan fingerprint density at radius 1 is 1.24 bits per heavy atom. The lowest BCUT2D eigenvalue weighted by Gasteiger charge is -2.32. The first-order valence-electron chi connectivity index (χ1n) is 8.01. The van der Waals surface area contributed by atoms with Gasteiger partial charge in [0.2, 0.25) is 0 Å². The standard InChI is InChI=1S/C17H24BBrO6/c1-16(2)17(3,4)25-18(24-16)12(9-14(20)23-6)11-7-10(19)8-13(22-5)15(11)21/h7-8,12,21H,9H2,1-6H3. The van der Waals surface area contributed by atoms with Crippen molar-refractivity contribution < 1.29 is 28.7 Å². The van der Waals surface area contributed by atoms with Gasteiger partial charge in [-0.15, -0.1) is 0 Å². The normalized spacial score (nSPS) is 19.6. The van der Waals surface area contributed by atoms with E-state index in [4.69, 9.17) is 18.8 Å². The molecule has 1 aromatic carbocycles. The number of carbonyl (C=O) groups is 1. The van der Waals surface area contributed by atoms with Gasteiger partial charge in [-0.05, 0) is 39.8 Å². The van der Waals surface area contributed by atoms with Crippen LogP contribution in [-0.4, -0.2) is 43.6 Å². The fraction of sp³-hybridized carbons (Fsp3) is 0.588. The van der Waals surface area contributed by atoms with Crippen LogP contribution in [0.3, 0.4) is 0 Å². The van der Waals surface area contributed by atoms with Crippen LogP contribution >= 0.6 is 15.9 Å². The summed E-state index contributed by atoms with van der Waals surface area (Å²) in [7, 11) is 2.08. The Labute approximate surface area is 157 Å². The van der Waals surface area contributed by atoms with E-state index in [9.17, 15) is 9.90 Å². The van der Waals surface area contributed by atoms with Gasteiger partial charge >= 0.3 is 13.1 Å². The summed E-state index contributed by atoms with van der Waals surface area (Å²) in [5.74, 6) is -0.719. The molecule has 0 amide bonds. The second kappa shape index (κ2) is 7.17. The van der Waals surface area contributed by atoms with Crippen molar-refractivity contribution in [2.24, 2.45) is 0 Å². The smallest absolute Gasteiger partial charge is 0.466 e. The van der Waals surface area contributed by atoms with Crippen LogP contribution in [0.2, 0.25) is 0 Å². The van der Waals surface area contributed by atoms with Crippen molar-refractivity contribution >= 4 is 29.0 Å². The van der Waals surface area contributed by atoms with E-state index >= 15 is 0 Å². The van der Waals surface area contributed by atoms with Gasteiger partial charge in [0.05, 0.1) is 31.8 Å². The maximum Gasteiger partial charge on any atom is 0.466 e. The molecule has 25 heavy (non-hydrogen) atoms. The Hall–Kier alpha value is -1.25. The summed E-state index contributed by atoms with van der Waals surface area (Å²) < 4.78 is 22.9. The van der Waals surface area contributed by atoms with Crippen molar-refractivity contribution in [2.45, 2.75) is 51.1 Å². The van der Waals surface area contributed by atoms with Crippen molar-refractivity contribution in [1.29, 1.82) is 0 Å². The highest BCUT2D eigenvalue weighted by Gasteiger charge is 2.54. The molecule has 1 atom stereocenters. The molecule has 1 heterocycles. The number of hydrogen-bond acceptors (Lipinski definition) is 6. The number of ether oxygens (including phenoxy) is 2. The van der Waals surface area contributed by atoms with Crippen LogP contribution in [0, 0.1) is 0 Å². The fourth-order valence-corrected chi connectivity index (χ4v) is 3.16. The second-order valence-electron chi connectivity index (χ2n) is 7.06. The highest BCUT2D eigenvalue weighted by Crippen LogP contribution is 2.45. The average molecular weight is 415 g/mol. The zero-order valence-corrected chi connectivity index (χ0v) is 17.0. The predicted octanol–water partition coefficient (Wildman–Crippen LogP) is 3.44. The molecule has 0 bridgehead atoms. The minimum Gasteiger partial charge on any atom is -0.504 e. The molecule has 1 N–H and O–H groups in total. The molecule has 0 saturated carbocycles. The topological polar surface area (TPSA) is 74.2 Å². The molecule has 0 aromatic heterocycles. The van der Waals surface area contributed by atoms with Gasteiger partial charge in [-0.1, -0.05) is 15.9 Å². The van der Waals surface area contributed by atoms with E-state index in [1.54, 1.807) is 12.1 Å². The van der Waals surface area contributed by atoms with Crippen LogP contribution in [0.4, 0.5) is 0 Å². The molecule has 6 nitrogen and oxygen atoms in total. The number of esters is 1. The quantitative estimate of drug-likeness (QED) is 0.587. The van der Waals surface area contributed by atoms with Gasteiger partial charge in [0, 0.05) is 15.9 Å². The first-order chi connectivity index (χ1) is 11.5. The van der Waals surface area contributed by atoms with Crippen LogP contribution in [0.25, 0.3) is 0 Å². The molecule has 1 aliphatic rings. The summed E-state index contributed by atoms with van der Waals surface area (Å²) in [6.07, 6.45) is 0.000490. The van der Waals surface area contributed by atoms with Crippen LogP contribution < -0.4 is 4.74 Å². The summed E-state index contributed by atoms with van der Waals surface area (Å²) in [4.78, 5) is 12.0. The Balaban J connectivity index is 2.49. The van der Waals surface area contributed by atoms with Gasteiger partial charge in [0.1, 0.15) is 0 Å². The molecule has 0 spiro atoms. The highest BCUT2D eigenvalue weighted by molar-refractivity contribution is 9.10. The largest absolute Gasteiger partial charge is 0.504 e. The maximum absolute atomic E-state index is 12.0. The molecular formula is C17H24BBrO6. The molecule has 1 unspecified atom stereocenters. The van der Waals surface area contributed by atoms with Crippen molar-refractivity contribution in [1.82, 2.24) is 0 Å². The molecule has 0 aliphatic carbocycles. The average Bonchev–Trinajstić information content (AvgIpc) is 2.74. The van der Waals surface area contributed by atoms with Gasteiger partial charge in [-0.3, -0.25) is 4.79 Å². The van der Waals surface area contributed by atoms with Crippen LogP contribution in [0.15, 0.2) is 16.6 Å². The van der Waals surface area contributed by atoms with E-state index < -0.39 is 30.1 Å². The van der Waals surface area contributed by atoms with Crippen molar-refractivity contribution in [3.8, 4) is 11.5 Å². The summed E-state index contributed by atoms with van der Waals surface area (Å²) in [6.45, 7) is 7.74. The summed E-state index contributed by atoms with van der Waals surface area (Å²) >= 11 is 3.40. The van der Waals surface area contributed by atoms with Gasteiger partial charge in [0.15, 0.2) is 11.5 Å². The lowest BCUT2D eigenvalue weighted by molar-refractivity contribution is -0.140. The molecular weight excluding hydrogens is 391 g/mol. The van der Waals surface area contributed by atoms with E-state index in [1.807, 2.05) is 27.7 Å². The maximum atomic E-state index is 12.0. The number of phenolic OH excluding ortho intramolecular Hbond substituents is 1. The molecule has 8 heteroatoms. The molecule has 138 valence electrons. The zero-order valence-electron chi connectivity index (χ0n) is 15.4. The molecule has 0 radical (unpaired) electrons. The molecule has 1 fully saturated rings. The summed E-state index contributed by atoms with van der Waals surface area (Å²) in [6, 6.07) is 3.38. The first-order valence-corrected chi connectivity index (χ1v) is 8.80. The van der Waals surface area contributed by atoms with Crippen molar-refractivity contribution in [3.63, 3.8) is 0 Å². The highest BCUT2D eigenvalue weighted by atomic mass is 79.9. The second-order valence-corrected chi connectivity index (χ2v) is 7.97. The zero-order chi connectivity index (χ0) is 19.0. The Bertz CT molecular complexity index is 645. The molecule has 1 aliphatic heterocycles. The Morgan fingerprint density at radius 2 is 1.80 bits per heavy atom. The van der Waals surface area contributed by atoms with E-state index in [1.165, 1.54) is 14.2 Å². The van der Waals surface area contributed by atoms with Gasteiger partial charge in [-0.2, -0.15) is 0 Å². The summed E-state index contributed by atoms with van der Waals surface area (Å²) in [5.41, 5.74) is -0.620. The number of carbonyl (C=O) groups excluding carboxylic acids is 1. The van der Waals surface area contributed by atoms with E-state index in [0.29, 0.717) is 15.8 Å². The van der Waals surface area contributed by atoms with E-state index in [2.05, 4.69) is 15.9 Å². The predicted molar refractivity (Wildman–Crippen MR) is 97.8 cm³/mol. The Kier molecular flexibility index (Phi) is 5.76.